The van der Waals surface area contributed by atoms with Gasteiger partial charge in [-0.1, -0.05) is 11.8 Å². The molecule has 0 saturated heterocycles. The first-order chi connectivity index (χ1) is 7.92. The van der Waals surface area contributed by atoms with Gasteiger partial charge in [0.2, 0.25) is 5.12 Å². The van der Waals surface area contributed by atoms with Gasteiger partial charge < -0.3 is 5.11 Å². The van der Waals surface area contributed by atoms with Crippen molar-refractivity contribution in [3.63, 3.8) is 0 Å². The predicted molar refractivity (Wildman–Crippen MR) is 70.3 cm³/mol. The van der Waals surface area contributed by atoms with Gasteiger partial charge in [0.15, 0.2) is 15.6 Å². The number of carbonyl (C=O) groups excluding carboxylic acids is 2. The van der Waals surface area contributed by atoms with Crippen LogP contribution in [-0.4, -0.2) is 40.2 Å². The molecule has 1 aliphatic heterocycles. The molecule has 0 fully saturated rings. The number of Topliss-reactive ketones (excluding diaryl/α,β-unsaturated/α-hetero) is 1. The number of sulfone groups is 1. The molecule has 0 unspecified atom stereocenters. The van der Waals surface area contributed by atoms with Gasteiger partial charge in [-0.25, -0.2) is 8.42 Å². The van der Waals surface area contributed by atoms with E-state index in [0.717, 1.165) is 11.8 Å². The highest BCUT2D eigenvalue weighted by molar-refractivity contribution is 8.13. The van der Waals surface area contributed by atoms with Crippen molar-refractivity contribution in [3.8, 4) is 0 Å². The molecule has 7 heteroatoms. The molecule has 1 aliphatic rings. The van der Waals surface area contributed by atoms with Crippen LogP contribution in [0, 0.1) is 0 Å². The van der Waals surface area contributed by atoms with E-state index in [2.05, 4.69) is 0 Å². The van der Waals surface area contributed by atoms with E-state index in [1.165, 1.54) is 34.0 Å². The Morgan fingerprint density at radius 3 is 2.00 bits per heavy atom. The molecule has 0 saturated carbocycles. The lowest BCUT2D eigenvalue weighted by molar-refractivity contribution is -0.120. The molecule has 0 spiro atoms. The van der Waals surface area contributed by atoms with E-state index in [1.54, 1.807) is 0 Å². The number of aliphatic hydroxyl groups excluding tert-OH is 1. The third-order valence-corrected chi connectivity index (χ3v) is 6.96. The maximum absolute atomic E-state index is 12.3. The van der Waals surface area contributed by atoms with Gasteiger partial charge >= 0.3 is 0 Å². The summed E-state index contributed by atoms with van der Waals surface area (Å²) in [6.07, 6.45) is 1.47. The molecule has 1 heterocycles. The van der Waals surface area contributed by atoms with E-state index in [4.69, 9.17) is 0 Å². The van der Waals surface area contributed by atoms with Crippen LogP contribution >= 0.6 is 11.8 Å². The smallest absolute Gasteiger partial charge is 0.226 e. The molecule has 1 N–H and O–H groups in total. The SMILES string of the molecule is CSC(=O)C1=C(O)C(C)(C)S(=O)(=O)C(C)(C)C1=O. The quantitative estimate of drug-likeness (QED) is 0.732. The van der Waals surface area contributed by atoms with Crippen LogP contribution in [0.2, 0.25) is 0 Å². The van der Waals surface area contributed by atoms with Crippen LogP contribution in [-0.2, 0) is 19.4 Å². The summed E-state index contributed by atoms with van der Waals surface area (Å²) in [5, 5.41) is 9.36. The highest BCUT2D eigenvalue weighted by atomic mass is 32.2. The van der Waals surface area contributed by atoms with Crippen molar-refractivity contribution in [2.75, 3.05) is 6.26 Å². The van der Waals surface area contributed by atoms with Crippen molar-refractivity contribution >= 4 is 32.5 Å². The van der Waals surface area contributed by atoms with E-state index in [1.807, 2.05) is 0 Å². The number of aliphatic hydroxyl groups is 1. The van der Waals surface area contributed by atoms with Crippen LogP contribution < -0.4 is 0 Å². The van der Waals surface area contributed by atoms with E-state index >= 15 is 0 Å². The summed E-state index contributed by atoms with van der Waals surface area (Å²) in [7, 11) is -3.93. The maximum atomic E-state index is 12.3. The minimum atomic E-state index is -3.93. The Hall–Kier alpha value is -0.820. The second-order valence-corrected chi connectivity index (χ2v) is 8.90. The predicted octanol–water partition coefficient (Wildman–Crippen LogP) is 1.24. The number of thioether (sulfide) groups is 1. The molecule has 0 aromatic rings. The molecule has 0 amide bonds. The Kier molecular flexibility index (Phi) is 3.47. The first kappa shape index (κ1) is 15.2. The minimum absolute atomic E-state index is 0.410. The second kappa shape index (κ2) is 4.09. The van der Waals surface area contributed by atoms with Crippen LogP contribution in [0.4, 0.5) is 0 Å². The zero-order valence-corrected chi connectivity index (χ0v) is 12.5. The number of hydrogen-bond donors (Lipinski definition) is 1. The summed E-state index contributed by atoms with van der Waals surface area (Å²) in [5.41, 5.74) is -0.410. The second-order valence-electron chi connectivity index (χ2n) is 5.07. The standard InChI is InChI=1S/C11H16O5S2/c1-10(2)7(12)6(9(14)17-5)8(13)11(3,4)18(10,15)16/h12H,1-5H3. The fourth-order valence-corrected chi connectivity index (χ4v) is 4.26. The van der Waals surface area contributed by atoms with E-state index in [0.29, 0.717) is 0 Å². The Morgan fingerprint density at radius 2 is 1.61 bits per heavy atom. The highest BCUT2D eigenvalue weighted by Gasteiger charge is 2.59. The molecule has 0 bridgehead atoms. The van der Waals surface area contributed by atoms with Crippen molar-refractivity contribution in [3.05, 3.63) is 11.3 Å². The summed E-state index contributed by atoms with van der Waals surface area (Å²) >= 11 is 0.768. The summed E-state index contributed by atoms with van der Waals surface area (Å²) in [6.45, 7) is 5.10. The molecule has 5 nitrogen and oxygen atoms in total. The fourth-order valence-electron chi connectivity index (χ4n) is 1.89. The Balaban J connectivity index is 3.76. The van der Waals surface area contributed by atoms with Crippen LogP contribution in [0.5, 0.6) is 0 Å². The van der Waals surface area contributed by atoms with Crippen molar-refractivity contribution in [1.29, 1.82) is 0 Å². The lowest BCUT2D eigenvalue weighted by Gasteiger charge is -2.38. The zero-order chi connectivity index (χ0) is 14.5. The van der Waals surface area contributed by atoms with Gasteiger partial charge in [0.05, 0.1) is 0 Å². The summed E-state index contributed by atoms with van der Waals surface area (Å²) < 4.78 is 21.2. The maximum Gasteiger partial charge on any atom is 0.226 e. The number of ketones is 1. The van der Waals surface area contributed by atoms with E-state index < -0.39 is 41.6 Å². The van der Waals surface area contributed by atoms with E-state index in [9.17, 15) is 23.1 Å². The summed E-state index contributed by atoms with van der Waals surface area (Å²) in [4.78, 5) is 23.8. The molecule has 0 aliphatic carbocycles. The topological polar surface area (TPSA) is 88.5 Å². The van der Waals surface area contributed by atoms with Gasteiger partial charge in [0, 0.05) is 0 Å². The van der Waals surface area contributed by atoms with E-state index in [-0.39, 0.29) is 0 Å². The highest BCUT2D eigenvalue weighted by Crippen LogP contribution is 2.42. The van der Waals surface area contributed by atoms with Crippen molar-refractivity contribution in [2.45, 2.75) is 37.2 Å². The van der Waals surface area contributed by atoms with Gasteiger partial charge in [-0.05, 0) is 34.0 Å². The Bertz CT molecular complexity index is 552. The van der Waals surface area contributed by atoms with Gasteiger partial charge in [-0.15, -0.1) is 0 Å². The third kappa shape index (κ3) is 1.64. The first-order valence-electron chi connectivity index (χ1n) is 5.24. The van der Waals surface area contributed by atoms with Crippen molar-refractivity contribution in [1.82, 2.24) is 0 Å². The van der Waals surface area contributed by atoms with Crippen molar-refractivity contribution in [2.24, 2.45) is 0 Å². The third-order valence-electron chi connectivity index (χ3n) is 3.31. The average molecular weight is 292 g/mol. The molecule has 0 aromatic heterocycles. The number of hydrogen-bond acceptors (Lipinski definition) is 6. The average Bonchev–Trinajstić information content (AvgIpc) is 2.26. The molecular weight excluding hydrogens is 276 g/mol. The van der Waals surface area contributed by atoms with Crippen LogP contribution in [0.3, 0.4) is 0 Å². The molecule has 102 valence electrons. The lowest BCUT2D eigenvalue weighted by Crippen LogP contribution is -2.57. The minimum Gasteiger partial charge on any atom is -0.510 e. The largest absolute Gasteiger partial charge is 0.510 e. The van der Waals surface area contributed by atoms with Crippen LogP contribution in [0.25, 0.3) is 0 Å². The number of carbonyl (C=O) groups is 2. The molecule has 1 rings (SSSR count). The molecular formula is C11H16O5S2. The summed E-state index contributed by atoms with van der Waals surface area (Å²) in [6, 6.07) is 0. The van der Waals surface area contributed by atoms with Gasteiger partial charge in [0.25, 0.3) is 0 Å². The van der Waals surface area contributed by atoms with Gasteiger partial charge in [-0.3, -0.25) is 9.59 Å². The summed E-state index contributed by atoms with van der Waals surface area (Å²) in [5.74, 6) is -1.51. The molecule has 0 radical (unpaired) electrons. The van der Waals surface area contributed by atoms with Gasteiger partial charge in [-0.2, -0.15) is 0 Å². The zero-order valence-electron chi connectivity index (χ0n) is 10.9. The molecule has 0 aromatic carbocycles. The van der Waals surface area contributed by atoms with Crippen LogP contribution in [0.15, 0.2) is 11.3 Å². The van der Waals surface area contributed by atoms with Gasteiger partial charge in [0.1, 0.15) is 20.8 Å². The first-order valence-corrected chi connectivity index (χ1v) is 7.94. The normalized spacial score (nSPS) is 25.1. The van der Waals surface area contributed by atoms with Crippen LogP contribution in [0.1, 0.15) is 27.7 Å². The lowest BCUT2D eigenvalue weighted by atomic mass is 9.94. The number of rotatable bonds is 1. The fraction of sp³-hybridized carbons (Fsp3) is 0.636. The Morgan fingerprint density at radius 1 is 1.17 bits per heavy atom. The Labute approximate surface area is 111 Å². The van der Waals surface area contributed by atoms with Crippen molar-refractivity contribution < 1.29 is 23.1 Å². The molecule has 0 atom stereocenters. The molecule has 18 heavy (non-hydrogen) atoms. The monoisotopic (exact) mass is 292 g/mol.